The van der Waals surface area contributed by atoms with Gasteiger partial charge in [0.05, 0.1) is 12.2 Å². The average molecular weight is 305 g/mol. The van der Waals surface area contributed by atoms with Crippen LogP contribution in [0.15, 0.2) is 18.2 Å². The number of nitrogens with one attached hydrogen (secondary N) is 1. The van der Waals surface area contributed by atoms with Crippen LogP contribution < -0.4 is 5.32 Å². The molecular weight excluding hydrogens is 291 g/mol. The van der Waals surface area contributed by atoms with Crippen LogP contribution in [0, 0.1) is 0 Å². The maximum Gasteiger partial charge on any atom is 0.490 e. The lowest BCUT2D eigenvalue weighted by molar-refractivity contribution is -0.192. The summed E-state index contributed by atoms with van der Waals surface area (Å²) in [5, 5.41) is 10.4. The number of alkyl halides is 3. The third-order valence-electron chi connectivity index (χ3n) is 2.59. The molecule has 1 aliphatic rings. The van der Waals surface area contributed by atoms with Crippen LogP contribution in [0.5, 0.6) is 0 Å². The summed E-state index contributed by atoms with van der Waals surface area (Å²) in [5.74, 6) is -2.99. The van der Waals surface area contributed by atoms with Gasteiger partial charge in [0.2, 0.25) is 0 Å². The SMILES string of the molecule is CCOC(=O)c1ccc2c(c1)CNC2.O=C(O)C(F)(F)F. The maximum atomic E-state index is 11.4. The van der Waals surface area contributed by atoms with Gasteiger partial charge in [-0.1, -0.05) is 6.07 Å². The van der Waals surface area contributed by atoms with Crippen molar-refractivity contribution in [3.8, 4) is 0 Å². The molecule has 0 saturated carbocycles. The fourth-order valence-electron chi connectivity index (χ4n) is 1.64. The zero-order chi connectivity index (χ0) is 16.0. The number of aliphatic carboxylic acids is 1. The van der Waals surface area contributed by atoms with E-state index in [1.54, 1.807) is 0 Å². The molecule has 116 valence electrons. The van der Waals surface area contributed by atoms with Gasteiger partial charge in [-0.3, -0.25) is 0 Å². The van der Waals surface area contributed by atoms with Crippen LogP contribution in [0.3, 0.4) is 0 Å². The van der Waals surface area contributed by atoms with Crippen LogP contribution in [0.4, 0.5) is 13.2 Å². The molecule has 0 atom stereocenters. The molecular formula is C13H14F3NO4. The number of esters is 1. The summed E-state index contributed by atoms with van der Waals surface area (Å²) in [5.41, 5.74) is 3.13. The van der Waals surface area contributed by atoms with Gasteiger partial charge >= 0.3 is 18.1 Å². The van der Waals surface area contributed by atoms with Crippen molar-refractivity contribution < 1.29 is 32.6 Å². The maximum absolute atomic E-state index is 11.4. The Kier molecular flexibility index (Phi) is 5.71. The van der Waals surface area contributed by atoms with Gasteiger partial charge in [0.1, 0.15) is 0 Å². The van der Waals surface area contributed by atoms with E-state index in [0.717, 1.165) is 13.1 Å². The summed E-state index contributed by atoms with van der Waals surface area (Å²) < 4.78 is 36.7. The number of carboxylic acid groups (broad SMARTS) is 1. The number of carbonyl (C=O) groups is 2. The first-order valence-corrected chi connectivity index (χ1v) is 6.05. The Morgan fingerprint density at radius 1 is 1.29 bits per heavy atom. The molecule has 8 heteroatoms. The van der Waals surface area contributed by atoms with Crippen molar-refractivity contribution >= 4 is 11.9 Å². The standard InChI is InChI=1S/C11H13NO2.C2HF3O2/c1-2-14-11(13)8-3-4-9-6-12-7-10(9)5-8;3-2(4,5)1(6)7/h3-5,12H,2,6-7H2,1H3;(H,6,7). The fraction of sp³-hybridized carbons (Fsp3) is 0.385. The summed E-state index contributed by atoms with van der Waals surface area (Å²) in [6.45, 7) is 3.99. The van der Waals surface area contributed by atoms with E-state index in [0.29, 0.717) is 12.2 Å². The van der Waals surface area contributed by atoms with Gasteiger partial charge in [0.25, 0.3) is 0 Å². The predicted molar refractivity (Wildman–Crippen MR) is 66.6 cm³/mol. The van der Waals surface area contributed by atoms with E-state index in [9.17, 15) is 18.0 Å². The normalized spacial score (nSPS) is 13.0. The summed E-state index contributed by atoms with van der Waals surface area (Å²) in [6.07, 6.45) is -5.08. The van der Waals surface area contributed by atoms with Crippen molar-refractivity contribution in [2.45, 2.75) is 26.2 Å². The molecule has 1 aromatic carbocycles. The number of halogens is 3. The van der Waals surface area contributed by atoms with E-state index in [1.165, 1.54) is 11.1 Å². The molecule has 1 heterocycles. The molecule has 0 spiro atoms. The minimum Gasteiger partial charge on any atom is -0.475 e. The van der Waals surface area contributed by atoms with Gasteiger partial charge < -0.3 is 15.2 Å². The number of carboxylic acids is 1. The first-order valence-electron chi connectivity index (χ1n) is 6.05. The molecule has 2 N–H and O–H groups in total. The zero-order valence-electron chi connectivity index (χ0n) is 11.2. The third-order valence-corrected chi connectivity index (χ3v) is 2.59. The molecule has 0 bridgehead atoms. The molecule has 0 saturated heterocycles. The zero-order valence-corrected chi connectivity index (χ0v) is 11.2. The van der Waals surface area contributed by atoms with Gasteiger partial charge in [0.15, 0.2) is 0 Å². The van der Waals surface area contributed by atoms with Crippen LogP contribution in [0.1, 0.15) is 28.4 Å². The second kappa shape index (κ2) is 7.07. The largest absolute Gasteiger partial charge is 0.490 e. The number of carbonyl (C=O) groups excluding carboxylic acids is 1. The molecule has 1 aromatic rings. The van der Waals surface area contributed by atoms with Crippen molar-refractivity contribution in [2.75, 3.05) is 6.61 Å². The summed E-state index contributed by atoms with van der Waals surface area (Å²) in [4.78, 5) is 20.3. The van der Waals surface area contributed by atoms with Crippen LogP contribution in [0.2, 0.25) is 0 Å². The van der Waals surface area contributed by atoms with Crippen molar-refractivity contribution in [3.05, 3.63) is 34.9 Å². The van der Waals surface area contributed by atoms with Crippen molar-refractivity contribution in [1.29, 1.82) is 0 Å². The molecule has 1 aliphatic heterocycles. The first-order chi connectivity index (χ1) is 9.75. The molecule has 2 rings (SSSR count). The molecule has 0 amide bonds. The highest BCUT2D eigenvalue weighted by atomic mass is 19.4. The van der Waals surface area contributed by atoms with E-state index in [4.69, 9.17) is 14.6 Å². The highest BCUT2D eigenvalue weighted by Gasteiger charge is 2.38. The highest BCUT2D eigenvalue weighted by Crippen LogP contribution is 2.17. The highest BCUT2D eigenvalue weighted by molar-refractivity contribution is 5.89. The quantitative estimate of drug-likeness (QED) is 0.818. The second-order valence-electron chi connectivity index (χ2n) is 4.11. The molecule has 5 nitrogen and oxygen atoms in total. The Morgan fingerprint density at radius 2 is 1.86 bits per heavy atom. The van der Waals surface area contributed by atoms with Crippen LogP contribution in [-0.4, -0.2) is 29.8 Å². The van der Waals surface area contributed by atoms with Crippen molar-refractivity contribution in [1.82, 2.24) is 5.32 Å². The van der Waals surface area contributed by atoms with Crippen LogP contribution in [-0.2, 0) is 22.6 Å². The number of ether oxygens (including phenoxy) is 1. The minimum atomic E-state index is -5.08. The topological polar surface area (TPSA) is 75.6 Å². The predicted octanol–water partition coefficient (Wildman–Crippen LogP) is 2.10. The number of hydrogen-bond acceptors (Lipinski definition) is 4. The fourth-order valence-corrected chi connectivity index (χ4v) is 1.64. The van der Waals surface area contributed by atoms with Gasteiger partial charge in [0, 0.05) is 13.1 Å². The summed E-state index contributed by atoms with van der Waals surface area (Å²) in [7, 11) is 0. The molecule has 0 fully saturated rings. The Labute approximate surface area is 118 Å². The number of hydrogen-bond donors (Lipinski definition) is 2. The first kappa shape index (κ1) is 17.0. The van der Waals surface area contributed by atoms with E-state index in [-0.39, 0.29) is 5.97 Å². The second-order valence-corrected chi connectivity index (χ2v) is 4.11. The Morgan fingerprint density at radius 3 is 2.38 bits per heavy atom. The Bertz CT molecular complexity index is 529. The van der Waals surface area contributed by atoms with Gasteiger partial charge in [-0.2, -0.15) is 13.2 Å². The molecule has 21 heavy (non-hydrogen) atoms. The molecule has 0 radical (unpaired) electrons. The molecule has 0 aromatic heterocycles. The van der Waals surface area contributed by atoms with Gasteiger partial charge in [-0.25, -0.2) is 9.59 Å². The van der Waals surface area contributed by atoms with E-state index in [2.05, 4.69) is 5.32 Å². The average Bonchev–Trinajstić information content (AvgIpc) is 2.85. The molecule has 0 unspecified atom stereocenters. The van der Waals surface area contributed by atoms with Gasteiger partial charge in [-0.15, -0.1) is 0 Å². The monoisotopic (exact) mass is 305 g/mol. The lowest BCUT2D eigenvalue weighted by Crippen LogP contribution is -2.21. The lowest BCUT2D eigenvalue weighted by Gasteiger charge is -2.03. The van der Waals surface area contributed by atoms with Crippen LogP contribution >= 0.6 is 0 Å². The number of rotatable bonds is 2. The van der Waals surface area contributed by atoms with Crippen molar-refractivity contribution in [3.63, 3.8) is 0 Å². The molecule has 0 aliphatic carbocycles. The lowest BCUT2D eigenvalue weighted by atomic mass is 10.1. The van der Waals surface area contributed by atoms with Gasteiger partial charge in [-0.05, 0) is 30.2 Å². The minimum absolute atomic E-state index is 0.234. The summed E-state index contributed by atoms with van der Waals surface area (Å²) >= 11 is 0. The smallest absolute Gasteiger partial charge is 0.475 e. The number of benzene rings is 1. The van der Waals surface area contributed by atoms with E-state index in [1.807, 2.05) is 25.1 Å². The van der Waals surface area contributed by atoms with Crippen LogP contribution in [0.25, 0.3) is 0 Å². The van der Waals surface area contributed by atoms with E-state index >= 15 is 0 Å². The Hall–Kier alpha value is -2.09. The van der Waals surface area contributed by atoms with Crippen molar-refractivity contribution in [2.24, 2.45) is 0 Å². The number of fused-ring (bicyclic) bond motifs is 1. The Balaban J connectivity index is 0.000000270. The summed E-state index contributed by atoms with van der Waals surface area (Å²) in [6, 6.07) is 5.72. The van der Waals surface area contributed by atoms with E-state index < -0.39 is 12.1 Å². The third kappa shape index (κ3) is 5.07.